The van der Waals surface area contributed by atoms with Crippen LogP contribution in [0.3, 0.4) is 0 Å². The van der Waals surface area contributed by atoms with Crippen LogP contribution < -0.4 is 0 Å². The number of nitrogens with zero attached hydrogens (tertiary/aromatic N) is 1. The Hall–Kier alpha value is -1.39. The SMILES string of the molecule is CCC1COC(C)CN1Cc1ccc(C(=O)OC)cc1. The summed E-state index contributed by atoms with van der Waals surface area (Å²) < 4.78 is 10.4. The fourth-order valence-electron chi connectivity index (χ4n) is 2.58. The second-order valence-corrected chi connectivity index (χ2v) is 5.32. The van der Waals surface area contributed by atoms with Gasteiger partial charge in [0.25, 0.3) is 0 Å². The molecule has 0 aromatic heterocycles. The van der Waals surface area contributed by atoms with Gasteiger partial charge < -0.3 is 9.47 Å². The van der Waals surface area contributed by atoms with Crippen LogP contribution in [0.25, 0.3) is 0 Å². The first kappa shape index (κ1) is 15.0. The van der Waals surface area contributed by atoms with Gasteiger partial charge in [-0.25, -0.2) is 4.79 Å². The maximum absolute atomic E-state index is 11.4. The number of carbonyl (C=O) groups excluding carboxylic acids is 1. The van der Waals surface area contributed by atoms with Crippen LogP contribution >= 0.6 is 0 Å². The van der Waals surface area contributed by atoms with Crippen LogP contribution in [0.2, 0.25) is 0 Å². The summed E-state index contributed by atoms with van der Waals surface area (Å²) in [6, 6.07) is 8.13. The summed E-state index contributed by atoms with van der Waals surface area (Å²) in [5.41, 5.74) is 1.81. The summed E-state index contributed by atoms with van der Waals surface area (Å²) in [4.78, 5) is 13.9. The molecule has 2 unspecified atom stereocenters. The Kier molecular flexibility index (Phi) is 5.15. The van der Waals surface area contributed by atoms with E-state index < -0.39 is 0 Å². The lowest BCUT2D eigenvalue weighted by Crippen LogP contribution is -2.47. The summed E-state index contributed by atoms with van der Waals surface area (Å²) in [6.07, 6.45) is 1.37. The van der Waals surface area contributed by atoms with E-state index in [0.717, 1.165) is 26.1 Å². The highest BCUT2D eigenvalue weighted by Crippen LogP contribution is 2.18. The predicted molar refractivity (Wildman–Crippen MR) is 77.7 cm³/mol. The molecule has 0 spiro atoms. The fraction of sp³-hybridized carbons (Fsp3) is 0.562. The largest absolute Gasteiger partial charge is 0.465 e. The Morgan fingerprint density at radius 3 is 2.70 bits per heavy atom. The highest BCUT2D eigenvalue weighted by atomic mass is 16.5. The van der Waals surface area contributed by atoms with Crippen LogP contribution in [0.1, 0.15) is 36.2 Å². The van der Waals surface area contributed by atoms with Crippen LogP contribution in [0, 0.1) is 0 Å². The van der Waals surface area contributed by atoms with Gasteiger partial charge >= 0.3 is 5.97 Å². The number of hydrogen-bond donors (Lipinski definition) is 0. The molecule has 110 valence electrons. The van der Waals surface area contributed by atoms with Crippen molar-refractivity contribution in [2.45, 2.75) is 39.0 Å². The quantitative estimate of drug-likeness (QED) is 0.793. The maximum atomic E-state index is 11.4. The lowest BCUT2D eigenvalue weighted by molar-refractivity contribution is -0.0592. The summed E-state index contributed by atoms with van der Waals surface area (Å²) >= 11 is 0. The molecule has 4 heteroatoms. The first-order chi connectivity index (χ1) is 9.63. The van der Waals surface area contributed by atoms with E-state index >= 15 is 0 Å². The molecule has 1 fully saturated rings. The summed E-state index contributed by atoms with van der Waals surface area (Å²) in [7, 11) is 1.40. The van der Waals surface area contributed by atoms with E-state index in [4.69, 9.17) is 9.47 Å². The summed E-state index contributed by atoms with van der Waals surface area (Å²) in [5, 5.41) is 0. The van der Waals surface area contributed by atoms with Crippen molar-refractivity contribution in [3.8, 4) is 0 Å². The first-order valence-electron chi connectivity index (χ1n) is 7.17. The van der Waals surface area contributed by atoms with Crippen LogP contribution in [0.5, 0.6) is 0 Å². The minimum absolute atomic E-state index is 0.284. The number of esters is 1. The molecule has 1 aliphatic rings. The molecule has 1 aliphatic heterocycles. The minimum atomic E-state index is -0.289. The Balaban J connectivity index is 2.02. The second-order valence-electron chi connectivity index (χ2n) is 5.32. The standard InChI is InChI=1S/C16H23NO3/c1-4-15-11-20-12(2)9-17(15)10-13-5-7-14(8-6-13)16(18)19-3/h5-8,12,15H,4,9-11H2,1-3H3. The van der Waals surface area contributed by atoms with Gasteiger partial charge in [0.2, 0.25) is 0 Å². The molecule has 0 N–H and O–H groups in total. The minimum Gasteiger partial charge on any atom is -0.465 e. The van der Waals surface area contributed by atoms with Gasteiger partial charge in [-0.15, -0.1) is 0 Å². The average molecular weight is 277 g/mol. The van der Waals surface area contributed by atoms with Crippen LogP contribution in [-0.4, -0.2) is 43.3 Å². The van der Waals surface area contributed by atoms with E-state index in [-0.39, 0.29) is 12.1 Å². The van der Waals surface area contributed by atoms with Crippen LogP contribution in [0.15, 0.2) is 24.3 Å². The third-order valence-corrected chi connectivity index (χ3v) is 3.81. The Bertz CT molecular complexity index is 444. The van der Waals surface area contributed by atoms with Crippen molar-refractivity contribution in [1.82, 2.24) is 4.90 Å². The van der Waals surface area contributed by atoms with Crippen molar-refractivity contribution in [1.29, 1.82) is 0 Å². The molecule has 20 heavy (non-hydrogen) atoms. The van der Waals surface area contributed by atoms with Gasteiger partial charge in [0.05, 0.1) is 25.4 Å². The lowest BCUT2D eigenvalue weighted by atomic mass is 10.1. The molecule has 0 saturated carbocycles. The van der Waals surface area contributed by atoms with Gasteiger partial charge in [-0.3, -0.25) is 4.90 Å². The second kappa shape index (κ2) is 6.86. The zero-order chi connectivity index (χ0) is 14.5. The molecule has 2 rings (SSSR count). The zero-order valence-electron chi connectivity index (χ0n) is 12.5. The molecule has 1 heterocycles. The predicted octanol–water partition coefficient (Wildman–Crippen LogP) is 2.47. The van der Waals surface area contributed by atoms with Crippen LogP contribution in [-0.2, 0) is 16.0 Å². The molecule has 4 nitrogen and oxygen atoms in total. The van der Waals surface area contributed by atoms with Gasteiger partial charge in [-0.2, -0.15) is 0 Å². The van der Waals surface area contributed by atoms with Gasteiger partial charge in [-0.05, 0) is 31.0 Å². The van der Waals surface area contributed by atoms with Crippen LogP contribution in [0.4, 0.5) is 0 Å². The van der Waals surface area contributed by atoms with Gasteiger partial charge in [0.1, 0.15) is 0 Å². The topological polar surface area (TPSA) is 38.8 Å². The molecule has 1 saturated heterocycles. The van der Waals surface area contributed by atoms with E-state index in [2.05, 4.69) is 18.7 Å². The summed E-state index contributed by atoms with van der Waals surface area (Å²) in [6.45, 7) is 6.96. The van der Waals surface area contributed by atoms with Crippen molar-refractivity contribution in [3.05, 3.63) is 35.4 Å². The monoisotopic (exact) mass is 277 g/mol. The lowest BCUT2D eigenvalue weighted by Gasteiger charge is -2.38. The van der Waals surface area contributed by atoms with Crippen molar-refractivity contribution in [2.75, 3.05) is 20.3 Å². The number of benzene rings is 1. The third kappa shape index (κ3) is 3.58. The Labute approximate surface area is 120 Å². The smallest absolute Gasteiger partial charge is 0.337 e. The van der Waals surface area contributed by atoms with Gasteiger partial charge in [0.15, 0.2) is 0 Å². The number of ether oxygens (including phenoxy) is 2. The molecule has 1 aromatic rings. The highest BCUT2D eigenvalue weighted by molar-refractivity contribution is 5.89. The fourth-order valence-corrected chi connectivity index (χ4v) is 2.58. The number of hydrogen-bond acceptors (Lipinski definition) is 4. The molecule has 1 aromatic carbocycles. The Morgan fingerprint density at radius 2 is 2.10 bits per heavy atom. The van der Waals surface area contributed by atoms with Crippen molar-refractivity contribution in [2.24, 2.45) is 0 Å². The van der Waals surface area contributed by atoms with Crippen molar-refractivity contribution >= 4 is 5.97 Å². The molecule has 0 radical (unpaired) electrons. The van der Waals surface area contributed by atoms with E-state index in [1.54, 1.807) is 0 Å². The first-order valence-corrected chi connectivity index (χ1v) is 7.17. The van der Waals surface area contributed by atoms with Gasteiger partial charge in [0, 0.05) is 19.1 Å². The molecule has 2 atom stereocenters. The van der Waals surface area contributed by atoms with E-state index in [1.807, 2.05) is 24.3 Å². The number of methoxy groups -OCH3 is 1. The molecular weight excluding hydrogens is 254 g/mol. The molecular formula is C16H23NO3. The molecule has 0 aliphatic carbocycles. The highest BCUT2D eigenvalue weighted by Gasteiger charge is 2.25. The van der Waals surface area contributed by atoms with E-state index in [0.29, 0.717) is 11.6 Å². The normalized spacial score (nSPS) is 23.6. The van der Waals surface area contributed by atoms with E-state index in [1.165, 1.54) is 12.7 Å². The Morgan fingerprint density at radius 1 is 1.40 bits per heavy atom. The van der Waals surface area contributed by atoms with E-state index in [9.17, 15) is 4.79 Å². The molecule has 0 amide bonds. The number of morpholine rings is 1. The summed E-state index contributed by atoms with van der Waals surface area (Å²) in [5.74, 6) is -0.289. The maximum Gasteiger partial charge on any atom is 0.337 e. The average Bonchev–Trinajstić information content (AvgIpc) is 2.47. The van der Waals surface area contributed by atoms with Crippen molar-refractivity contribution in [3.63, 3.8) is 0 Å². The van der Waals surface area contributed by atoms with Gasteiger partial charge in [-0.1, -0.05) is 19.1 Å². The molecule has 0 bridgehead atoms. The number of rotatable bonds is 4. The third-order valence-electron chi connectivity index (χ3n) is 3.81. The number of carbonyl (C=O) groups is 1. The van der Waals surface area contributed by atoms with Crippen molar-refractivity contribution < 1.29 is 14.3 Å². The zero-order valence-corrected chi connectivity index (χ0v) is 12.5.